The van der Waals surface area contributed by atoms with Crippen LogP contribution < -0.4 is 10.6 Å². The Morgan fingerprint density at radius 2 is 1.68 bits per heavy atom. The van der Waals surface area contributed by atoms with E-state index in [0.717, 1.165) is 22.5 Å². The number of pyridine rings is 1. The minimum Gasteiger partial charge on any atom is -0.362 e. The van der Waals surface area contributed by atoms with Crippen LogP contribution >= 0.6 is 11.6 Å². The van der Waals surface area contributed by atoms with E-state index >= 15 is 0 Å². The number of amides is 1. The number of fused-ring (bicyclic) bond motifs is 1. The molecule has 3 atom stereocenters. The number of benzene rings is 2. The number of para-hydroxylation sites is 1. The van der Waals surface area contributed by atoms with Gasteiger partial charge in [-0.1, -0.05) is 72.3 Å². The Labute approximate surface area is 244 Å². The van der Waals surface area contributed by atoms with E-state index in [1.165, 1.54) is 0 Å². The molecule has 8 heteroatoms. The van der Waals surface area contributed by atoms with Crippen molar-refractivity contribution in [3.63, 3.8) is 0 Å². The first-order valence-corrected chi connectivity index (χ1v) is 14.0. The molecule has 1 amide bonds. The number of allylic oxidation sites excluding steroid dienone is 3. The lowest BCUT2D eigenvalue weighted by molar-refractivity contribution is -0.123. The van der Waals surface area contributed by atoms with E-state index in [9.17, 15) is 9.59 Å². The zero-order valence-electron chi connectivity index (χ0n) is 23.1. The van der Waals surface area contributed by atoms with Crippen molar-refractivity contribution in [3.05, 3.63) is 130 Å². The Balaban J connectivity index is 1.51. The summed E-state index contributed by atoms with van der Waals surface area (Å²) in [4.78, 5) is 32.5. The van der Waals surface area contributed by atoms with Crippen LogP contribution in [0.4, 0.5) is 5.82 Å². The molecular formula is C33H30ClN5O2. The second kappa shape index (κ2) is 10.8. The average molecular weight is 564 g/mol. The molecule has 206 valence electrons. The van der Waals surface area contributed by atoms with Gasteiger partial charge in [0, 0.05) is 47.0 Å². The summed E-state index contributed by atoms with van der Waals surface area (Å²) in [6.07, 6.45) is 4.09. The van der Waals surface area contributed by atoms with E-state index in [0.29, 0.717) is 39.9 Å². The van der Waals surface area contributed by atoms with Crippen molar-refractivity contribution in [3.8, 4) is 5.69 Å². The lowest BCUT2D eigenvalue weighted by Crippen LogP contribution is -2.42. The third-order valence-electron chi connectivity index (χ3n) is 7.94. The number of halogens is 1. The number of carbonyl (C=O) groups excluding carboxylic acids is 2. The van der Waals surface area contributed by atoms with Crippen LogP contribution in [0.2, 0.25) is 5.15 Å². The number of nitrogens with one attached hydrogen (secondary N) is 2. The summed E-state index contributed by atoms with van der Waals surface area (Å²) in [5.74, 6) is -1.13. The van der Waals surface area contributed by atoms with Gasteiger partial charge in [-0.3, -0.25) is 9.59 Å². The van der Waals surface area contributed by atoms with Crippen LogP contribution in [-0.2, 0) is 9.59 Å². The molecule has 3 unspecified atom stereocenters. The molecule has 0 saturated carbocycles. The van der Waals surface area contributed by atoms with Crippen molar-refractivity contribution in [2.45, 2.75) is 39.0 Å². The van der Waals surface area contributed by atoms with Crippen molar-refractivity contribution in [2.24, 2.45) is 5.92 Å². The summed E-state index contributed by atoms with van der Waals surface area (Å²) in [6, 6.07) is 23.3. The maximum absolute atomic E-state index is 14.1. The minimum absolute atomic E-state index is 0.0450. The molecule has 1 aliphatic carbocycles. The van der Waals surface area contributed by atoms with Crippen LogP contribution in [-0.4, -0.2) is 26.5 Å². The smallest absolute Gasteiger partial charge is 0.255 e. The van der Waals surface area contributed by atoms with E-state index in [2.05, 4.69) is 21.7 Å². The molecule has 0 bridgehead atoms. The largest absolute Gasteiger partial charge is 0.362 e. The number of carbonyl (C=O) groups is 2. The zero-order chi connectivity index (χ0) is 28.7. The fourth-order valence-corrected chi connectivity index (χ4v) is 6.39. The number of ketones is 1. The minimum atomic E-state index is -0.638. The number of Topliss-reactive ketones (excluding diaryl/α,β-unsaturated/α-hetero) is 1. The number of rotatable bonds is 5. The highest BCUT2D eigenvalue weighted by Crippen LogP contribution is 2.48. The van der Waals surface area contributed by atoms with Crippen LogP contribution in [0, 0.1) is 19.8 Å². The van der Waals surface area contributed by atoms with Crippen LogP contribution in [0.1, 0.15) is 47.6 Å². The fourth-order valence-electron chi connectivity index (χ4n) is 6.00. The molecule has 1 aliphatic heterocycles. The topological polar surface area (TPSA) is 88.9 Å². The standard InChI is InChI=1S/C33H30ClN5O2/c1-19-11-10-16-35-32(19)37-33(41)28-20(2)36-25-17-23(22-12-6-4-7-13-22)18-26(40)29(25)30(28)27-21(3)38-39(31(27)34)24-14-8-5-9-15-24/h4-17,23,29-30,36H,18H2,1-3H3,(H,35,37,41). The number of anilines is 1. The first-order chi connectivity index (χ1) is 19.8. The quantitative estimate of drug-likeness (QED) is 0.293. The van der Waals surface area contributed by atoms with Gasteiger partial charge in [0.2, 0.25) is 0 Å². The molecule has 0 saturated heterocycles. The summed E-state index contributed by atoms with van der Waals surface area (Å²) in [5, 5.41) is 11.6. The number of hydrogen-bond donors (Lipinski definition) is 2. The number of aryl methyl sites for hydroxylation is 2. The molecule has 4 aromatic rings. The molecule has 2 N–H and O–H groups in total. The van der Waals surface area contributed by atoms with E-state index in [1.807, 2.05) is 93.6 Å². The van der Waals surface area contributed by atoms with Crippen LogP contribution in [0.25, 0.3) is 5.69 Å². The van der Waals surface area contributed by atoms with Crippen LogP contribution in [0.5, 0.6) is 0 Å². The molecule has 0 radical (unpaired) electrons. The maximum Gasteiger partial charge on any atom is 0.255 e. The van der Waals surface area contributed by atoms with Gasteiger partial charge in [0.05, 0.1) is 17.3 Å². The third kappa shape index (κ3) is 4.87. The van der Waals surface area contributed by atoms with Gasteiger partial charge in [0.1, 0.15) is 16.8 Å². The molecule has 7 nitrogen and oxygen atoms in total. The van der Waals surface area contributed by atoms with Gasteiger partial charge in [-0.2, -0.15) is 5.10 Å². The van der Waals surface area contributed by atoms with Crippen molar-refractivity contribution < 1.29 is 9.59 Å². The van der Waals surface area contributed by atoms with Gasteiger partial charge in [-0.15, -0.1) is 0 Å². The van der Waals surface area contributed by atoms with Crippen LogP contribution in [0.15, 0.2) is 102 Å². The average Bonchev–Trinajstić information content (AvgIpc) is 3.27. The number of aromatic nitrogens is 3. The van der Waals surface area contributed by atoms with E-state index in [4.69, 9.17) is 16.7 Å². The highest BCUT2D eigenvalue weighted by atomic mass is 35.5. The maximum atomic E-state index is 14.1. The molecule has 3 heterocycles. The lowest BCUT2D eigenvalue weighted by Gasteiger charge is -2.39. The molecule has 41 heavy (non-hydrogen) atoms. The summed E-state index contributed by atoms with van der Waals surface area (Å²) in [5.41, 5.74) is 5.93. The van der Waals surface area contributed by atoms with Crippen molar-refractivity contribution in [1.29, 1.82) is 0 Å². The summed E-state index contributed by atoms with van der Waals surface area (Å²) >= 11 is 7.09. The van der Waals surface area contributed by atoms with E-state index < -0.39 is 11.8 Å². The molecule has 2 aromatic carbocycles. The Kier molecular flexibility index (Phi) is 7.05. The highest BCUT2D eigenvalue weighted by molar-refractivity contribution is 6.31. The molecule has 0 spiro atoms. The number of nitrogens with zero attached hydrogens (tertiary/aromatic N) is 3. The van der Waals surface area contributed by atoms with Gasteiger partial charge in [0.15, 0.2) is 0 Å². The monoisotopic (exact) mass is 563 g/mol. The van der Waals surface area contributed by atoms with Crippen molar-refractivity contribution in [1.82, 2.24) is 20.1 Å². The molecule has 0 fully saturated rings. The SMILES string of the molecule is CC1=C(C(=O)Nc2ncccc2C)C(c2c(C)nn(-c3ccccc3)c2Cl)C2C(=O)CC(c3ccccc3)C=C2N1. The zero-order valence-corrected chi connectivity index (χ0v) is 23.8. The Morgan fingerprint density at radius 3 is 2.39 bits per heavy atom. The van der Waals surface area contributed by atoms with Gasteiger partial charge < -0.3 is 10.6 Å². The second-order valence-electron chi connectivity index (χ2n) is 10.6. The van der Waals surface area contributed by atoms with Crippen LogP contribution in [0.3, 0.4) is 0 Å². The first kappa shape index (κ1) is 26.7. The van der Waals surface area contributed by atoms with E-state index in [1.54, 1.807) is 10.9 Å². The van der Waals surface area contributed by atoms with Crippen molar-refractivity contribution in [2.75, 3.05) is 5.32 Å². The predicted octanol–water partition coefficient (Wildman–Crippen LogP) is 6.39. The second-order valence-corrected chi connectivity index (χ2v) is 10.9. The highest BCUT2D eigenvalue weighted by Gasteiger charge is 2.46. The lowest BCUT2D eigenvalue weighted by atomic mass is 9.68. The molecule has 6 rings (SSSR count). The summed E-state index contributed by atoms with van der Waals surface area (Å²) in [7, 11) is 0. The molecule has 2 aromatic heterocycles. The normalized spacial score (nSPS) is 20.2. The third-order valence-corrected chi connectivity index (χ3v) is 8.30. The molecule has 2 aliphatic rings. The van der Waals surface area contributed by atoms with Gasteiger partial charge in [-0.25, -0.2) is 9.67 Å². The van der Waals surface area contributed by atoms with Gasteiger partial charge in [-0.05, 0) is 50.1 Å². The van der Waals surface area contributed by atoms with Gasteiger partial charge in [0.25, 0.3) is 5.91 Å². The summed E-state index contributed by atoms with van der Waals surface area (Å²) < 4.78 is 1.67. The molecular weight excluding hydrogens is 534 g/mol. The van der Waals surface area contributed by atoms with Crippen molar-refractivity contribution >= 4 is 29.1 Å². The number of hydrogen-bond acceptors (Lipinski definition) is 5. The first-order valence-electron chi connectivity index (χ1n) is 13.6. The van der Waals surface area contributed by atoms with Gasteiger partial charge >= 0.3 is 0 Å². The summed E-state index contributed by atoms with van der Waals surface area (Å²) in [6.45, 7) is 5.63. The Morgan fingerprint density at radius 1 is 0.976 bits per heavy atom. The Hall–Kier alpha value is -4.49. The predicted molar refractivity (Wildman–Crippen MR) is 160 cm³/mol. The fraction of sp³-hybridized carbons (Fsp3) is 0.212. The van der Waals surface area contributed by atoms with E-state index in [-0.39, 0.29) is 17.6 Å². The Bertz CT molecular complexity index is 1710.